The van der Waals surface area contributed by atoms with Crippen LogP contribution in [-0.4, -0.2) is 16.8 Å². The lowest BCUT2D eigenvalue weighted by Crippen LogP contribution is -2.24. The summed E-state index contributed by atoms with van der Waals surface area (Å²) in [4.78, 5) is 12.0. The van der Waals surface area contributed by atoms with Crippen LogP contribution in [0.5, 0.6) is 0 Å². The van der Waals surface area contributed by atoms with Gasteiger partial charge in [-0.3, -0.25) is 4.79 Å². The monoisotopic (exact) mass is 346 g/mol. The number of benzene rings is 1. The van der Waals surface area contributed by atoms with Crippen molar-refractivity contribution in [1.29, 1.82) is 0 Å². The highest BCUT2D eigenvalue weighted by Gasteiger charge is 2.46. The highest BCUT2D eigenvalue weighted by atomic mass is 32.2. The topological polar surface area (TPSA) is 37.3 Å². The van der Waals surface area contributed by atoms with Crippen LogP contribution in [0.2, 0.25) is 0 Å². The number of carboxylic acid groups (broad SMARTS) is 1. The smallest absolute Gasteiger partial charge is 0.303 e. The molecule has 24 heavy (non-hydrogen) atoms. The van der Waals surface area contributed by atoms with Crippen LogP contribution in [0.3, 0.4) is 0 Å². The number of carbonyl (C=O) groups is 1. The molecule has 2 bridgehead atoms. The Morgan fingerprint density at radius 1 is 1.00 bits per heavy atom. The van der Waals surface area contributed by atoms with Crippen molar-refractivity contribution in [3.05, 3.63) is 30.3 Å². The first-order chi connectivity index (χ1) is 11.7. The van der Waals surface area contributed by atoms with Crippen molar-refractivity contribution in [1.82, 2.24) is 0 Å². The van der Waals surface area contributed by atoms with Crippen LogP contribution in [0.4, 0.5) is 0 Å². The lowest BCUT2D eigenvalue weighted by molar-refractivity contribution is -0.137. The van der Waals surface area contributed by atoms with Gasteiger partial charge in [-0.2, -0.15) is 0 Å². The Kier molecular flexibility index (Phi) is 6.65. The Labute approximate surface area is 150 Å². The Hall–Kier alpha value is -0.960. The molecule has 1 N–H and O–H groups in total. The minimum Gasteiger partial charge on any atom is -0.481 e. The van der Waals surface area contributed by atoms with Gasteiger partial charge in [-0.05, 0) is 67.9 Å². The molecule has 0 aromatic heterocycles. The predicted octanol–water partition coefficient (Wildman–Crippen LogP) is 5.87. The zero-order valence-electron chi connectivity index (χ0n) is 14.5. The largest absolute Gasteiger partial charge is 0.481 e. The molecule has 3 rings (SSSR count). The molecule has 0 aliphatic heterocycles. The third-order valence-electron chi connectivity index (χ3n) is 6.14. The van der Waals surface area contributed by atoms with Gasteiger partial charge in [0.25, 0.3) is 0 Å². The molecule has 2 aliphatic carbocycles. The molecular formula is C21H30O2S. The summed E-state index contributed by atoms with van der Waals surface area (Å²) in [7, 11) is 0. The summed E-state index contributed by atoms with van der Waals surface area (Å²) in [5.74, 6) is 4.43. The van der Waals surface area contributed by atoms with Crippen LogP contribution in [0, 0.1) is 23.7 Å². The number of thioether (sulfide) groups is 1. The molecule has 0 amide bonds. The van der Waals surface area contributed by atoms with Gasteiger partial charge in [-0.25, -0.2) is 0 Å². The summed E-state index contributed by atoms with van der Waals surface area (Å²) in [6.45, 7) is 0. The second-order valence-electron chi connectivity index (χ2n) is 7.63. The number of hydrogen-bond acceptors (Lipinski definition) is 2. The number of rotatable bonds is 10. The average molecular weight is 347 g/mol. The van der Waals surface area contributed by atoms with Crippen LogP contribution in [-0.2, 0) is 4.79 Å². The second-order valence-corrected chi connectivity index (χ2v) is 8.73. The van der Waals surface area contributed by atoms with Gasteiger partial charge in [0, 0.05) is 17.1 Å². The van der Waals surface area contributed by atoms with E-state index >= 15 is 0 Å². The van der Waals surface area contributed by atoms with Gasteiger partial charge in [-0.15, -0.1) is 11.8 Å². The number of aliphatic carboxylic acids is 1. The van der Waals surface area contributed by atoms with Crippen molar-refractivity contribution in [2.24, 2.45) is 23.7 Å². The molecule has 2 fully saturated rings. The molecule has 132 valence electrons. The summed E-state index contributed by atoms with van der Waals surface area (Å²) >= 11 is 2.05. The summed E-state index contributed by atoms with van der Waals surface area (Å²) in [6.07, 6.45) is 10.5. The van der Waals surface area contributed by atoms with Crippen molar-refractivity contribution < 1.29 is 9.90 Å². The quantitative estimate of drug-likeness (QED) is 0.425. The molecule has 4 atom stereocenters. The molecule has 0 spiro atoms. The first-order valence-electron chi connectivity index (χ1n) is 9.63. The summed E-state index contributed by atoms with van der Waals surface area (Å²) in [5.41, 5.74) is 0. The molecule has 2 aliphatic rings. The van der Waals surface area contributed by atoms with Gasteiger partial charge in [0.2, 0.25) is 0 Å². The van der Waals surface area contributed by atoms with Gasteiger partial charge in [-0.1, -0.05) is 37.5 Å². The third-order valence-corrected chi connectivity index (χ3v) is 7.30. The van der Waals surface area contributed by atoms with Gasteiger partial charge < -0.3 is 5.11 Å². The van der Waals surface area contributed by atoms with E-state index in [4.69, 9.17) is 5.11 Å². The van der Waals surface area contributed by atoms with Crippen molar-refractivity contribution >= 4 is 17.7 Å². The van der Waals surface area contributed by atoms with Crippen LogP contribution in [0.1, 0.15) is 57.8 Å². The zero-order valence-corrected chi connectivity index (χ0v) is 15.3. The molecule has 0 radical (unpaired) electrons. The van der Waals surface area contributed by atoms with Gasteiger partial charge in [0.1, 0.15) is 0 Å². The third kappa shape index (κ3) is 4.78. The van der Waals surface area contributed by atoms with E-state index in [9.17, 15) is 4.79 Å². The lowest BCUT2D eigenvalue weighted by atomic mass is 9.77. The Morgan fingerprint density at radius 2 is 1.71 bits per heavy atom. The molecule has 2 nitrogen and oxygen atoms in total. The molecular weight excluding hydrogens is 316 g/mol. The maximum atomic E-state index is 10.6. The standard InChI is InChI=1S/C21H30O2S/c22-21(23)11-7-2-1-6-10-19-16-12-13-17(14-16)20(19)15-24-18-8-4-3-5-9-18/h3-5,8-9,16-17,19-20H,1-2,6-7,10-15H2,(H,22,23)/t16-,17+,19-,20+/m0/s1. The van der Waals surface area contributed by atoms with Crippen LogP contribution in [0.25, 0.3) is 0 Å². The van der Waals surface area contributed by atoms with Crippen LogP contribution >= 0.6 is 11.8 Å². The first kappa shape index (κ1) is 17.8. The van der Waals surface area contributed by atoms with Gasteiger partial charge in [0.15, 0.2) is 0 Å². The molecule has 0 unspecified atom stereocenters. The molecule has 3 heteroatoms. The van der Waals surface area contributed by atoms with Crippen molar-refractivity contribution in [2.45, 2.75) is 62.7 Å². The van der Waals surface area contributed by atoms with E-state index in [1.165, 1.54) is 49.2 Å². The molecule has 0 saturated heterocycles. The van der Waals surface area contributed by atoms with Crippen molar-refractivity contribution in [3.8, 4) is 0 Å². The fraction of sp³-hybridized carbons (Fsp3) is 0.667. The summed E-state index contributed by atoms with van der Waals surface area (Å²) < 4.78 is 0. The maximum absolute atomic E-state index is 10.6. The molecule has 1 aromatic carbocycles. The average Bonchev–Trinajstić information content (AvgIpc) is 3.18. The first-order valence-corrected chi connectivity index (χ1v) is 10.6. The van der Waals surface area contributed by atoms with E-state index in [0.717, 1.165) is 36.5 Å². The fourth-order valence-corrected chi connectivity index (χ4v) is 6.21. The van der Waals surface area contributed by atoms with E-state index in [0.29, 0.717) is 6.42 Å². The highest BCUT2D eigenvalue weighted by Crippen LogP contribution is 2.55. The summed E-state index contributed by atoms with van der Waals surface area (Å²) in [5, 5.41) is 8.70. The zero-order chi connectivity index (χ0) is 16.8. The Bertz CT molecular complexity index is 516. The van der Waals surface area contributed by atoms with E-state index in [-0.39, 0.29) is 0 Å². The summed E-state index contributed by atoms with van der Waals surface area (Å²) in [6, 6.07) is 10.8. The normalized spacial score (nSPS) is 28.3. The minimum atomic E-state index is -0.652. The number of fused-ring (bicyclic) bond motifs is 2. The second kappa shape index (κ2) is 8.94. The predicted molar refractivity (Wildman–Crippen MR) is 100 cm³/mol. The van der Waals surface area contributed by atoms with Gasteiger partial charge >= 0.3 is 5.97 Å². The number of unbranched alkanes of at least 4 members (excludes halogenated alkanes) is 3. The Morgan fingerprint density at radius 3 is 2.46 bits per heavy atom. The van der Waals surface area contributed by atoms with E-state index in [1.54, 1.807) is 0 Å². The van der Waals surface area contributed by atoms with Crippen molar-refractivity contribution in [2.75, 3.05) is 5.75 Å². The van der Waals surface area contributed by atoms with E-state index < -0.39 is 5.97 Å². The number of carboxylic acids is 1. The van der Waals surface area contributed by atoms with Crippen molar-refractivity contribution in [3.63, 3.8) is 0 Å². The van der Waals surface area contributed by atoms with Crippen LogP contribution in [0.15, 0.2) is 35.2 Å². The SMILES string of the molecule is O=C(O)CCCCCC[C@H]1[C@H]2CC[C@H](C2)[C@H]1CSc1ccccc1. The molecule has 1 aromatic rings. The maximum Gasteiger partial charge on any atom is 0.303 e. The lowest BCUT2D eigenvalue weighted by Gasteiger charge is -2.31. The fourth-order valence-electron chi connectivity index (χ4n) is 4.96. The number of hydrogen-bond donors (Lipinski definition) is 1. The molecule has 0 heterocycles. The van der Waals surface area contributed by atoms with E-state index in [2.05, 4.69) is 30.3 Å². The van der Waals surface area contributed by atoms with E-state index in [1.807, 2.05) is 11.8 Å². The van der Waals surface area contributed by atoms with Gasteiger partial charge in [0.05, 0.1) is 0 Å². The molecule has 2 saturated carbocycles. The Balaban J connectivity index is 1.42. The van der Waals surface area contributed by atoms with Crippen LogP contribution < -0.4 is 0 Å². The minimum absolute atomic E-state index is 0.338. The highest BCUT2D eigenvalue weighted by molar-refractivity contribution is 7.99.